The minimum atomic E-state index is -1.02. The zero-order valence-electron chi connectivity index (χ0n) is 9.74. The fraction of sp³-hybridized carbons (Fsp3) is 0.500. The zero-order chi connectivity index (χ0) is 12.3. The summed E-state index contributed by atoms with van der Waals surface area (Å²) in [6.07, 6.45) is 0.820. The number of halogens is 1. The van der Waals surface area contributed by atoms with Crippen molar-refractivity contribution in [3.8, 4) is 5.75 Å². The third-order valence-electron chi connectivity index (χ3n) is 2.82. The number of benzene rings is 1. The van der Waals surface area contributed by atoms with Crippen LogP contribution in [0.5, 0.6) is 5.75 Å². The van der Waals surface area contributed by atoms with Gasteiger partial charge in [-0.1, -0.05) is 0 Å². The molecule has 1 saturated heterocycles. The van der Waals surface area contributed by atoms with E-state index in [2.05, 4.69) is 0 Å². The smallest absolute Gasteiger partial charge is 0.207 e. The second-order valence-corrected chi connectivity index (χ2v) is 3.86. The first-order chi connectivity index (χ1) is 8.22. The third-order valence-corrected chi connectivity index (χ3v) is 2.82. The van der Waals surface area contributed by atoms with E-state index >= 15 is 0 Å². The topological polar surface area (TPSA) is 53.7 Å². The van der Waals surface area contributed by atoms with Gasteiger partial charge in [-0.2, -0.15) is 0 Å². The van der Waals surface area contributed by atoms with Crippen molar-refractivity contribution in [2.24, 2.45) is 5.73 Å². The van der Waals surface area contributed by atoms with Crippen LogP contribution in [0.25, 0.3) is 0 Å². The molecule has 4 nitrogen and oxygen atoms in total. The molecule has 5 heteroatoms. The van der Waals surface area contributed by atoms with E-state index in [9.17, 15) is 4.39 Å². The highest BCUT2D eigenvalue weighted by Gasteiger charge is 2.36. The molecule has 2 rings (SSSR count). The Morgan fingerprint density at radius 3 is 2.65 bits per heavy atom. The van der Waals surface area contributed by atoms with Gasteiger partial charge in [0, 0.05) is 5.56 Å². The monoisotopic (exact) mass is 241 g/mol. The number of rotatable bonds is 3. The molecule has 0 atom stereocenters. The summed E-state index contributed by atoms with van der Waals surface area (Å²) in [4.78, 5) is 0. The number of hydrogen-bond donors (Lipinski definition) is 1. The number of nitrogens with two attached hydrogens (primary N) is 1. The molecule has 1 aromatic carbocycles. The SMILES string of the molecule is COc1ccc(C2(CN)OCCCO2)cc1F. The van der Waals surface area contributed by atoms with Gasteiger partial charge >= 0.3 is 0 Å². The maximum Gasteiger partial charge on any atom is 0.207 e. The van der Waals surface area contributed by atoms with E-state index < -0.39 is 11.6 Å². The number of hydrogen-bond acceptors (Lipinski definition) is 4. The summed E-state index contributed by atoms with van der Waals surface area (Å²) in [7, 11) is 1.42. The molecular weight excluding hydrogens is 225 g/mol. The molecular formula is C12H16FNO3. The van der Waals surface area contributed by atoms with E-state index in [-0.39, 0.29) is 12.3 Å². The maximum absolute atomic E-state index is 13.6. The minimum Gasteiger partial charge on any atom is -0.494 e. The van der Waals surface area contributed by atoms with E-state index in [1.54, 1.807) is 12.1 Å². The van der Waals surface area contributed by atoms with Gasteiger partial charge < -0.3 is 19.9 Å². The second-order valence-electron chi connectivity index (χ2n) is 3.86. The summed E-state index contributed by atoms with van der Waals surface area (Å²) < 4.78 is 29.7. The van der Waals surface area contributed by atoms with Gasteiger partial charge in [0.15, 0.2) is 11.6 Å². The highest BCUT2D eigenvalue weighted by molar-refractivity contribution is 5.32. The summed E-state index contributed by atoms with van der Waals surface area (Å²) in [6, 6.07) is 4.60. The van der Waals surface area contributed by atoms with Crippen molar-refractivity contribution >= 4 is 0 Å². The van der Waals surface area contributed by atoms with Crippen LogP contribution in [0, 0.1) is 5.82 Å². The van der Waals surface area contributed by atoms with Crippen molar-refractivity contribution < 1.29 is 18.6 Å². The average molecular weight is 241 g/mol. The molecule has 2 N–H and O–H groups in total. The number of ether oxygens (including phenoxy) is 3. The van der Waals surface area contributed by atoms with Gasteiger partial charge in [0.05, 0.1) is 26.9 Å². The Balaban J connectivity index is 2.33. The first-order valence-corrected chi connectivity index (χ1v) is 5.54. The van der Waals surface area contributed by atoms with Gasteiger partial charge in [0.25, 0.3) is 0 Å². The van der Waals surface area contributed by atoms with Crippen LogP contribution in [0.4, 0.5) is 4.39 Å². The Hall–Kier alpha value is -1.17. The Labute approximate surface area is 99.5 Å². The Morgan fingerprint density at radius 2 is 2.12 bits per heavy atom. The van der Waals surface area contributed by atoms with Crippen molar-refractivity contribution in [3.05, 3.63) is 29.6 Å². The van der Waals surface area contributed by atoms with E-state index in [0.717, 1.165) is 6.42 Å². The van der Waals surface area contributed by atoms with E-state index in [0.29, 0.717) is 18.8 Å². The largest absolute Gasteiger partial charge is 0.494 e. The summed E-state index contributed by atoms with van der Waals surface area (Å²) in [5, 5.41) is 0. The van der Waals surface area contributed by atoms with Gasteiger partial charge in [0.2, 0.25) is 5.79 Å². The fourth-order valence-corrected chi connectivity index (χ4v) is 1.88. The normalized spacial score (nSPS) is 19.0. The summed E-state index contributed by atoms with van der Waals surface area (Å²) in [6.45, 7) is 1.27. The molecule has 1 heterocycles. The van der Waals surface area contributed by atoms with Crippen LogP contribution in [-0.4, -0.2) is 26.9 Å². The highest BCUT2D eigenvalue weighted by Crippen LogP contribution is 2.32. The minimum absolute atomic E-state index is 0.152. The molecule has 1 aromatic rings. The standard InChI is InChI=1S/C12H16FNO3/c1-15-11-4-3-9(7-10(11)13)12(8-14)16-5-2-6-17-12/h3-4,7H,2,5-6,8,14H2,1H3. The van der Waals surface area contributed by atoms with E-state index in [4.69, 9.17) is 19.9 Å². The molecule has 1 aliphatic rings. The Kier molecular flexibility index (Phi) is 3.61. The van der Waals surface area contributed by atoms with Crippen molar-refractivity contribution in [2.45, 2.75) is 12.2 Å². The molecule has 0 saturated carbocycles. The molecule has 94 valence electrons. The first kappa shape index (κ1) is 12.3. The molecule has 0 spiro atoms. The van der Waals surface area contributed by atoms with Gasteiger partial charge in [-0.15, -0.1) is 0 Å². The second kappa shape index (κ2) is 5.00. The summed E-state index contributed by atoms with van der Waals surface area (Å²) in [5.74, 6) is -1.28. The first-order valence-electron chi connectivity index (χ1n) is 5.54. The molecule has 1 fully saturated rings. The Morgan fingerprint density at radius 1 is 1.41 bits per heavy atom. The van der Waals surface area contributed by atoms with Crippen molar-refractivity contribution in [1.29, 1.82) is 0 Å². The van der Waals surface area contributed by atoms with Crippen LogP contribution >= 0.6 is 0 Å². The van der Waals surface area contributed by atoms with Crippen molar-refractivity contribution in [3.63, 3.8) is 0 Å². The average Bonchev–Trinajstić information content (AvgIpc) is 2.39. The Bertz CT molecular complexity index is 391. The molecule has 0 amide bonds. The van der Waals surface area contributed by atoms with Gasteiger partial charge in [-0.25, -0.2) is 4.39 Å². The van der Waals surface area contributed by atoms with Crippen LogP contribution in [0.1, 0.15) is 12.0 Å². The van der Waals surface area contributed by atoms with Gasteiger partial charge in [0.1, 0.15) is 0 Å². The highest BCUT2D eigenvalue weighted by atomic mass is 19.1. The van der Waals surface area contributed by atoms with Crippen LogP contribution < -0.4 is 10.5 Å². The van der Waals surface area contributed by atoms with Crippen LogP contribution in [0.2, 0.25) is 0 Å². The lowest BCUT2D eigenvalue weighted by molar-refractivity contribution is -0.269. The lowest BCUT2D eigenvalue weighted by Crippen LogP contribution is -2.44. The molecule has 0 unspecified atom stereocenters. The molecule has 0 bridgehead atoms. The van der Waals surface area contributed by atoms with E-state index in [1.165, 1.54) is 13.2 Å². The fourth-order valence-electron chi connectivity index (χ4n) is 1.88. The van der Waals surface area contributed by atoms with Crippen molar-refractivity contribution in [2.75, 3.05) is 26.9 Å². The van der Waals surface area contributed by atoms with Crippen LogP contribution in [-0.2, 0) is 15.3 Å². The maximum atomic E-state index is 13.6. The lowest BCUT2D eigenvalue weighted by atomic mass is 10.0. The zero-order valence-corrected chi connectivity index (χ0v) is 9.74. The van der Waals surface area contributed by atoms with E-state index in [1.807, 2.05) is 0 Å². The van der Waals surface area contributed by atoms with Crippen molar-refractivity contribution in [1.82, 2.24) is 0 Å². The molecule has 1 aliphatic heterocycles. The lowest BCUT2D eigenvalue weighted by Gasteiger charge is -2.36. The van der Waals surface area contributed by atoms with Gasteiger partial charge in [-0.05, 0) is 24.6 Å². The summed E-state index contributed by atoms with van der Waals surface area (Å²) in [5.41, 5.74) is 6.27. The summed E-state index contributed by atoms with van der Waals surface area (Å²) >= 11 is 0. The van der Waals surface area contributed by atoms with Crippen LogP contribution in [0.15, 0.2) is 18.2 Å². The predicted molar refractivity (Wildman–Crippen MR) is 60.2 cm³/mol. The van der Waals surface area contributed by atoms with Gasteiger partial charge in [-0.3, -0.25) is 0 Å². The molecule has 0 aliphatic carbocycles. The molecule has 0 aromatic heterocycles. The van der Waals surface area contributed by atoms with Crippen LogP contribution in [0.3, 0.4) is 0 Å². The third kappa shape index (κ3) is 2.26. The quantitative estimate of drug-likeness (QED) is 0.868. The molecule has 0 radical (unpaired) electrons. The predicted octanol–water partition coefficient (Wildman–Crippen LogP) is 1.38. The number of methoxy groups -OCH3 is 1. The molecule has 17 heavy (non-hydrogen) atoms.